The summed E-state index contributed by atoms with van der Waals surface area (Å²) in [6.07, 6.45) is 0.609. The van der Waals surface area contributed by atoms with Crippen molar-refractivity contribution in [2.45, 2.75) is 25.4 Å². The van der Waals surface area contributed by atoms with Crippen LogP contribution in [-0.4, -0.2) is 26.2 Å². The van der Waals surface area contributed by atoms with Crippen LogP contribution in [0.5, 0.6) is 11.5 Å². The fourth-order valence-electron chi connectivity index (χ4n) is 2.98. The molecular weight excluding hydrogens is 398 g/mol. The van der Waals surface area contributed by atoms with Gasteiger partial charge in [-0.05, 0) is 53.0 Å². The number of ether oxygens (including phenoxy) is 2. The second-order valence-corrected chi connectivity index (χ2v) is 7.06. The third-order valence-electron chi connectivity index (χ3n) is 4.42. The number of halogens is 1. The number of hydrogen-bond donors (Lipinski definition) is 3. The Labute approximate surface area is 161 Å². The molecule has 0 spiro atoms. The molecule has 2 atom stereocenters. The van der Waals surface area contributed by atoms with Crippen LogP contribution in [0.1, 0.15) is 23.6 Å². The molecule has 1 aliphatic heterocycles. The van der Waals surface area contributed by atoms with Crippen LogP contribution in [0.25, 0.3) is 0 Å². The first kappa shape index (κ1) is 18.7. The van der Waals surface area contributed by atoms with Crippen molar-refractivity contribution in [3.05, 3.63) is 52.0 Å². The van der Waals surface area contributed by atoms with Gasteiger partial charge in [0.15, 0.2) is 0 Å². The van der Waals surface area contributed by atoms with Gasteiger partial charge in [0.2, 0.25) is 5.91 Å². The normalized spacial score (nSPS) is 19.2. The number of hydrogen-bond acceptors (Lipinski definition) is 5. The zero-order valence-corrected chi connectivity index (χ0v) is 16.5. The average Bonchev–Trinajstić information content (AvgIpc) is 3.13. The summed E-state index contributed by atoms with van der Waals surface area (Å²) in [5.74, 6) is 1.37. The molecule has 0 saturated carbocycles. The summed E-state index contributed by atoms with van der Waals surface area (Å²) in [6.45, 7) is 2.01. The molecule has 1 heterocycles. The summed E-state index contributed by atoms with van der Waals surface area (Å²) < 4.78 is 11.6. The highest BCUT2D eigenvalue weighted by atomic mass is 79.9. The quantitative estimate of drug-likeness (QED) is 0.693. The van der Waals surface area contributed by atoms with E-state index in [0.717, 1.165) is 32.8 Å². The molecule has 2 aromatic rings. The first-order valence-electron chi connectivity index (χ1n) is 8.32. The third-order valence-corrected chi connectivity index (χ3v) is 5.07. The van der Waals surface area contributed by atoms with E-state index in [0.29, 0.717) is 6.42 Å². The average molecular weight is 420 g/mol. The maximum absolute atomic E-state index is 12.6. The predicted molar refractivity (Wildman–Crippen MR) is 104 cm³/mol. The van der Waals surface area contributed by atoms with Crippen molar-refractivity contribution in [1.29, 1.82) is 0 Å². The molecule has 0 aliphatic carbocycles. The van der Waals surface area contributed by atoms with Crippen molar-refractivity contribution in [3.8, 4) is 11.5 Å². The largest absolute Gasteiger partial charge is 0.497 e. The lowest BCUT2D eigenvalue weighted by molar-refractivity contribution is -0.117. The van der Waals surface area contributed by atoms with E-state index in [1.165, 1.54) is 0 Å². The van der Waals surface area contributed by atoms with Gasteiger partial charge in [0.05, 0.1) is 25.9 Å². The Balaban J connectivity index is 1.69. The van der Waals surface area contributed by atoms with Crippen LogP contribution in [-0.2, 0) is 4.79 Å². The van der Waals surface area contributed by atoms with E-state index in [2.05, 4.69) is 32.1 Å². The monoisotopic (exact) mass is 419 g/mol. The standard InChI is InChI=1S/C19H22BrN3O3/c1-11-4-7-15(14(20)8-11)21-19(24)17-10-16(22-23-17)13-6-5-12(25-2)9-18(13)26-3/h4-9,16-17,22-23H,10H2,1-3H3,(H,21,24). The number of hydrazine groups is 1. The SMILES string of the molecule is COc1ccc(C2CC(C(=O)Nc3ccc(C)cc3Br)NN2)c(OC)c1. The van der Waals surface area contributed by atoms with E-state index in [9.17, 15) is 4.79 Å². The molecular formula is C19H22BrN3O3. The number of methoxy groups -OCH3 is 2. The Hall–Kier alpha value is -2.09. The fourth-order valence-corrected chi connectivity index (χ4v) is 3.57. The number of carbonyl (C=O) groups is 1. The predicted octanol–water partition coefficient (Wildman–Crippen LogP) is 3.32. The number of rotatable bonds is 5. The van der Waals surface area contributed by atoms with Crippen molar-refractivity contribution >= 4 is 27.5 Å². The van der Waals surface area contributed by atoms with Crippen LogP contribution in [0.15, 0.2) is 40.9 Å². The lowest BCUT2D eigenvalue weighted by atomic mass is 10.0. The smallest absolute Gasteiger partial charge is 0.242 e. The molecule has 1 amide bonds. The molecule has 3 rings (SSSR count). The van der Waals surface area contributed by atoms with E-state index < -0.39 is 0 Å². The Morgan fingerprint density at radius 1 is 1.15 bits per heavy atom. The number of benzene rings is 2. The maximum atomic E-state index is 12.6. The van der Waals surface area contributed by atoms with Crippen LogP contribution < -0.4 is 25.6 Å². The van der Waals surface area contributed by atoms with Gasteiger partial charge in [-0.3, -0.25) is 4.79 Å². The minimum Gasteiger partial charge on any atom is -0.497 e. The number of anilines is 1. The van der Waals surface area contributed by atoms with Gasteiger partial charge in [-0.1, -0.05) is 12.1 Å². The Kier molecular flexibility index (Phi) is 5.80. The van der Waals surface area contributed by atoms with Crippen LogP contribution in [0, 0.1) is 6.92 Å². The van der Waals surface area contributed by atoms with Gasteiger partial charge >= 0.3 is 0 Å². The molecule has 7 heteroatoms. The van der Waals surface area contributed by atoms with Crippen molar-refractivity contribution < 1.29 is 14.3 Å². The summed E-state index contributed by atoms with van der Waals surface area (Å²) in [4.78, 5) is 12.6. The van der Waals surface area contributed by atoms with Crippen LogP contribution >= 0.6 is 15.9 Å². The van der Waals surface area contributed by atoms with Gasteiger partial charge in [0, 0.05) is 16.1 Å². The highest BCUT2D eigenvalue weighted by Crippen LogP contribution is 2.33. The lowest BCUT2D eigenvalue weighted by Crippen LogP contribution is -2.39. The van der Waals surface area contributed by atoms with E-state index >= 15 is 0 Å². The minimum absolute atomic E-state index is 0.0342. The first-order chi connectivity index (χ1) is 12.5. The van der Waals surface area contributed by atoms with Gasteiger partial charge < -0.3 is 14.8 Å². The minimum atomic E-state index is -0.347. The van der Waals surface area contributed by atoms with Gasteiger partial charge in [-0.2, -0.15) is 0 Å². The molecule has 3 N–H and O–H groups in total. The van der Waals surface area contributed by atoms with E-state index in [-0.39, 0.29) is 18.0 Å². The number of aryl methyl sites for hydroxylation is 1. The zero-order valence-electron chi connectivity index (χ0n) is 14.9. The highest BCUT2D eigenvalue weighted by molar-refractivity contribution is 9.10. The molecule has 1 fully saturated rings. The second kappa shape index (κ2) is 8.07. The van der Waals surface area contributed by atoms with E-state index in [1.807, 2.05) is 43.3 Å². The Morgan fingerprint density at radius 3 is 2.65 bits per heavy atom. The lowest BCUT2D eigenvalue weighted by Gasteiger charge is -2.15. The number of nitrogens with one attached hydrogen (secondary N) is 3. The van der Waals surface area contributed by atoms with Crippen LogP contribution in [0.2, 0.25) is 0 Å². The van der Waals surface area contributed by atoms with Gasteiger partial charge in [0.1, 0.15) is 17.5 Å². The van der Waals surface area contributed by atoms with Crippen molar-refractivity contribution in [1.82, 2.24) is 10.9 Å². The number of carbonyl (C=O) groups excluding carboxylic acids is 1. The van der Waals surface area contributed by atoms with Gasteiger partial charge in [-0.25, -0.2) is 10.9 Å². The number of amides is 1. The summed E-state index contributed by atoms with van der Waals surface area (Å²) in [7, 11) is 3.24. The molecule has 0 radical (unpaired) electrons. The van der Waals surface area contributed by atoms with E-state index in [1.54, 1.807) is 14.2 Å². The summed E-state index contributed by atoms with van der Waals surface area (Å²) in [6, 6.07) is 11.1. The Morgan fingerprint density at radius 2 is 1.96 bits per heavy atom. The second-order valence-electron chi connectivity index (χ2n) is 6.21. The van der Waals surface area contributed by atoms with Gasteiger partial charge in [-0.15, -0.1) is 0 Å². The third kappa shape index (κ3) is 4.00. The van der Waals surface area contributed by atoms with Gasteiger partial charge in [0.25, 0.3) is 0 Å². The summed E-state index contributed by atoms with van der Waals surface area (Å²) in [5, 5.41) is 2.96. The van der Waals surface area contributed by atoms with Crippen molar-refractivity contribution in [2.24, 2.45) is 0 Å². The first-order valence-corrected chi connectivity index (χ1v) is 9.11. The van der Waals surface area contributed by atoms with Crippen LogP contribution in [0.4, 0.5) is 5.69 Å². The van der Waals surface area contributed by atoms with Crippen molar-refractivity contribution in [3.63, 3.8) is 0 Å². The topological polar surface area (TPSA) is 71.6 Å². The molecule has 2 aromatic carbocycles. The fraction of sp³-hybridized carbons (Fsp3) is 0.316. The molecule has 2 unspecified atom stereocenters. The molecule has 26 heavy (non-hydrogen) atoms. The van der Waals surface area contributed by atoms with E-state index in [4.69, 9.17) is 9.47 Å². The summed E-state index contributed by atoms with van der Waals surface area (Å²) in [5.41, 5.74) is 9.12. The molecule has 138 valence electrons. The molecule has 1 aliphatic rings. The van der Waals surface area contributed by atoms with Crippen molar-refractivity contribution in [2.75, 3.05) is 19.5 Å². The maximum Gasteiger partial charge on any atom is 0.242 e. The highest BCUT2D eigenvalue weighted by Gasteiger charge is 2.32. The summed E-state index contributed by atoms with van der Waals surface area (Å²) >= 11 is 3.49. The molecule has 1 saturated heterocycles. The molecule has 0 aromatic heterocycles. The molecule has 6 nitrogen and oxygen atoms in total. The molecule has 0 bridgehead atoms. The van der Waals surface area contributed by atoms with Crippen LogP contribution in [0.3, 0.4) is 0 Å². The Bertz CT molecular complexity index is 813. The zero-order chi connectivity index (χ0) is 18.7.